The van der Waals surface area contributed by atoms with E-state index in [-0.39, 0.29) is 18.9 Å². The number of halogens is 1. The number of hydrogen-bond acceptors (Lipinski definition) is 5. The van der Waals surface area contributed by atoms with Crippen LogP contribution in [0.15, 0.2) is 18.2 Å². The topological polar surface area (TPSA) is 84.6 Å². The molecule has 0 heterocycles. The SMILES string of the molecule is O=[N+]([O-])c1cc(I)ccc1NCCOCCO. The van der Waals surface area contributed by atoms with E-state index in [1.165, 1.54) is 6.07 Å². The summed E-state index contributed by atoms with van der Waals surface area (Å²) >= 11 is 2.03. The van der Waals surface area contributed by atoms with Crippen LogP contribution in [0.4, 0.5) is 11.4 Å². The van der Waals surface area contributed by atoms with E-state index >= 15 is 0 Å². The van der Waals surface area contributed by atoms with E-state index in [1.54, 1.807) is 12.1 Å². The van der Waals surface area contributed by atoms with Crippen LogP contribution in [0.2, 0.25) is 0 Å². The molecule has 0 spiro atoms. The lowest BCUT2D eigenvalue weighted by molar-refractivity contribution is -0.384. The van der Waals surface area contributed by atoms with Crippen LogP contribution < -0.4 is 5.32 Å². The van der Waals surface area contributed by atoms with Crippen LogP contribution in [0.25, 0.3) is 0 Å². The molecule has 0 saturated carbocycles. The van der Waals surface area contributed by atoms with Crippen molar-refractivity contribution in [2.45, 2.75) is 0 Å². The number of hydrogen-bond donors (Lipinski definition) is 2. The van der Waals surface area contributed by atoms with Gasteiger partial charge in [-0.05, 0) is 34.7 Å². The molecule has 1 aromatic rings. The van der Waals surface area contributed by atoms with Crippen LogP contribution in [0.1, 0.15) is 0 Å². The third-order valence-electron chi connectivity index (χ3n) is 1.95. The first-order valence-electron chi connectivity index (χ1n) is 5.01. The number of nitro groups is 1. The molecular formula is C10H13IN2O4. The van der Waals surface area contributed by atoms with Crippen LogP contribution >= 0.6 is 22.6 Å². The minimum Gasteiger partial charge on any atom is -0.394 e. The first kappa shape index (κ1) is 14.1. The number of nitro benzene ring substituents is 1. The van der Waals surface area contributed by atoms with Crippen LogP contribution in [-0.4, -0.2) is 36.4 Å². The largest absolute Gasteiger partial charge is 0.394 e. The Morgan fingerprint density at radius 1 is 1.47 bits per heavy atom. The van der Waals surface area contributed by atoms with Gasteiger partial charge in [0.05, 0.1) is 24.7 Å². The minimum atomic E-state index is -0.418. The predicted octanol–water partition coefficient (Wildman–Crippen LogP) is 1.62. The van der Waals surface area contributed by atoms with E-state index in [2.05, 4.69) is 5.32 Å². The Morgan fingerprint density at radius 3 is 2.88 bits per heavy atom. The molecule has 2 N–H and O–H groups in total. The lowest BCUT2D eigenvalue weighted by Crippen LogP contribution is -2.12. The van der Waals surface area contributed by atoms with Gasteiger partial charge in [0.1, 0.15) is 5.69 Å². The van der Waals surface area contributed by atoms with Gasteiger partial charge in [0.15, 0.2) is 0 Å². The van der Waals surface area contributed by atoms with Gasteiger partial charge in [0, 0.05) is 16.2 Å². The Labute approximate surface area is 112 Å². The van der Waals surface area contributed by atoms with Crippen molar-refractivity contribution in [3.8, 4) is 0 Å². The van der Waals surface area contributed by atoms with Gasteiger partial charge in [-0.15, -0.1) is 0 Å². The van der Waals surface area contributed by atoms with Crippen molar-refractivity contribution in [1.29, 1.82) is 0 Å². The molecule has 1 aromatic carbocycles. The van der Waals surface area contributed by atoms with Gasteiger partial charge in [-0.3, -0.25) is 10.1 Å². The van der Waals surface area contributed by atoms with Crippen LogP contribution in [0, 0.1) is 13.7 Å². The molecule has 1 rings (SSSR count). The summed E-state index contributed by atoms with van der Waals surface area (Å²) in [5.41, 5.74) is 0.530. The summed E-state index contributed by atoms with van der Waals surface area (Å²) in [6.07, 6.45) is 0. The number of anilines is 1. The lowest BCUT2D eigenvalue weighted by Gasteiger charge is -2.07. The van der Waals surface area contributed by atoms with Crippen molar-refractivity contribution in [2.75, 3.05) is 31.7 Å². The van der Waals surface area contributed by atoms with Crippen LogP contribution in [0.5, 0.6) is 0 Å². The summed E-state index contributed by atoms with van der Waals surface area (Å²) in [7, 11) is 0. The molecule has 0 aliphatic carbocycles. The Morgan fingerprint density at radius 2 is 2.24 bits per heavy atom. The number of ether oxygens (including phenoxy) is 1. The van der Waals surface area contributed by atoms with E-state index in [9.17, 15) is 10.1 Å². The summed E-state index contributed by atoms with van der Waals surface area (Å²) < 4.78 is 5.86. The smallest absolute Gasteiger partial charge is 0.293 e. The second kappa shape index (κ2) is 7.41. The van der Waals surface area contributed by atoms with Crippen LogP contribution in [0.3, 0.4) is 0 Å². The van der Waals surface area contributed by atoms with Crippen LogP contribution in [-0.2, 0) is 4.74 Å². The van der Waals surface area contributed by atoms with E-state index in [0.717, 1.165) is 3.57 Å². The molecule has 0 aliphatic heterocycles. The maximum atomic E-state index is 10.8. The number of benzene rings is 1. The molecule has 0 amide bonds. The van der Waals surface area contributed by atoms with Crippen molar-refractivity contribution < 1.29 is 14.8 Å². The summed E-state index contributed by atoms with van der Waals surface area (Å²) in [4.78, 5) is 10.4. The van der Waals surface area contributed by atoms with Gasteiger partial charge in [0.2, 0.25) is 0 Å². The van der Waals surface area contributed by atoms with Gasteiger partial charge in [0.25, 0.3) is 5.69 Å². The summed E-state index contributed by atoms with van der Waals surface area (Å²) in [6, 6.07) is 4.98. The molecule has 0 saturated heterocycles. The number of nitrogens with one attached hydrogen (secondary N) is 1. The van der Waals surface area contributed by atoms with Crippen molar-refractivity contribution in [1.82, 2.24) is 0 Å². The molecule has 0 aliphatic rings. The average molecular weight is 352 g/mol. The standard InChI is InChI=1S/C10H13IN2O4/c11-8-1-2-9(10(7-8)13(15)16)12-3-5-17-6-4-14/h1-2,7,12,14H,3-6H2. The van der Waals surface area contributed by atoms with Crippen molar-refractivity contribution in [2.24, 2.45) is 0 Å². The molecule has 0 aromatic heterocycles. The molecule has 0 radical (unpaired) electrons. The van der Waals surface area contributed by atoms with Gasteiger partial charge in [-0.25, -0.2) is 0 Å². The molecule has 0 bridgehead atoms. The number of rotatable bonds is 7. The number of aliphatic hydroxyl groups is 1. The molecule has 0 unspecified atom stereocenters. The highest BCUT2D eigenvalue weighted by molar-refractivity contribution is 14.1. The molecule has 0 atom stereocenters. The third-order valence-corrected chi connectivity index (χ3v) is 2.62. The fraction of sp³-hybridized carbons (Fsp3) is 0.400. The third kappa shape index (κ3) is 4.84. The fourth-order valence-electron chi connectivity index (χ4n) is 1.23. The second-order valence-electron chi connectivity index (χ2n) is 3.18. The first-order chi connectivity index (χ1) is 8.15. The van der Waals surface area contributed by atoms with Gasteiger partial charge in [-0.2, -0.15) is 0 Å². The predicted molar refractivity (Wildman–Crippen MR) is 72.2 cm³/mol. The zero-order valence-electron chi connectivity index (χ0n) is 9.06. The highest BCUT2D eigenvalue weighted by Gasteiger charge is 2.13. The van der Waals surface area contributed by atoms with Crippen molar-refractivity contribution in [3.63, 3.8) is 0 Å². The Kier molecular flexibility index (Phi) is 6.16. The van der Waals surface area contributed by atoms with E-state index < -0.39 is 4.92 Å². The molecule has 94 valence electrons. The van der Waals surface area contributed by atoms with Gasteiger partial charge >= 0.3 is 0 Å². The highest BCUT2D eigenvalue weighted by Crippen LogP contribution is 2.25. The minimum absolute atomic E-state index is 0.0241. The molecule has 7 heteroatoms. The van der Waals surface area contributed by atoms with E-state index in [1.807, 2.05) is 22.6 Å². The zero-order valence-corrected chi connectivity index (χ0v) is 11.2. The maximum absolute atomic E-state index is 10.8. The van der Waals surface area contributed by atoms with Gasteiger partial charge in [-0.1, -0.05) is 0 Å². The summed E-state index contributed by atoms with van der Waals surface area (Å²) in [5, 5.41) is 22.2. The van der Waals surface area contributed by atoms with E-state index in [4.69, 9.17) is 9.84 Å². The highest BCUT2D eigenvalue weighted by atomic mass is 127. The molecular weight excluding hydrogens is 339 g/mol. The molecule has 17 heavy (non-hydrogen) atoms. The number of aliphatic hydroxyl groups excluding tert-OH is 1. The van der Waals surface area contributed by atoms with Gasteiger partial charge < -0.3 is 15.2 Å². The van der Waals surface area contributed by atoms with Crippen molar-refractivity contribution in [3.05, 3.63) is 31.9 Å². The quantitative estimate of drug-likeness (QED) is 0.337. The summed E-state index contributed by atoms with van der Waals surface area (Å²) in [5.74, 6) is 0. The van der Waals surface area contributed by atoms with E-state index in [0.29, 0.717) is 18.8 Å². The van der Waals surface area contributed by atoms with Crippen molar-refractivity contribution >= 4 is 34.0 Å². The Hall–Kier alpha value is -0.930. The normalized spacial score (nSPS) is 10.2. The monoisotopic (exact) mass is 352 g/mol. The first-order valence-corrected chi connectivity index (χ1v) is 6.09. The maximum Gasteiger partial charge on any atom is 0.293 e. The Balaban J connectivity index is 2.55. The summed E-state index contributed by atoms with van der Waals surface area (Å²) in [6.45, 7) is 1.10. The fourth-order valence-corrected chi connectivity index (χ4v) is 1.70. The lowest BCUT2D eigenvalue weighted by atomic mass is 10.2. The molecule has 6 nitrogen and oxygen atoms in total. The zero-order chi connectivity index (χ0) is 12.7. The second-order valence-corrected chi connectivity index (χ2v) is 4.43. The Bertz CT molecular complexity index is 387. The number of nitrogens with zero attached hydrogens (tertiary/aromatic N) is 1. The molecule has 0 fully saturated rings. The average Bonchev–Trinajstić information content (AvgIpc) is 2.30.